The normalized spacial score (nSPS) is 10.4. The molecule has 2 rings (SSSR count). The van der Waals surface area contributed by atoms with Crippen molar-refractivity contribution in [2.75, 3.05) is 0 Å². The summed E-state index contributed by atoms with van der Waals surface area (Å²) in [5, 5.41) is 8.78. The Bertz CT molecular complexity index is 650. The molecule has 18 heavy (non-hydrogen) atoms. The average molecular weight is 254 g/mol. The highest BCUT2D eigenvalue weighted by molar-refractivity contribution is 7.12. The van der Waals surface area contributed by atoms with Gasteiger partial charge in [0.25, 0.3) is 0 Å². The lowest BCUT2D eigenvalue weighted by Gasteiger charge is -1.94. The van der Waals surface area contributed by atoms with Crippen LogP contribution in [-0.4, -0.2) is 10.8 Å². The number of ketones is 1. The molecule has 0 atom stereocenters. The van der Waals surface area contributed by atoms with E-state index in [1.54, 1.807) is 29.8 Å². The predicted octanol–water partition coefficient (Wildman–Crippen LogP) is 3.22. The van der Waals surface area contributed by atoms with E-state index in [0.29, 0.717) is 10.4 Å². The maximum absolute atomic E-state index is 11.9. The van der Waals surface area contributed by atoms with Crippen molar-refractivity contribution in [1.29, 1.82) is 5.26 Å². The fourth-order valence-electron chi connectivity index (χ4n) is 1.50. The second-order valence-electron chi connectivity index (χ2n) is 3.70. The van der Waals surface area contributed by atoms with Crippen molar-refractivity contribution in [2.24, 2.45) is 0 Å². The predicted molar refractivity (Wildman–Crippen MR) is 71.4 cm³/mol. The van der Waals surface area contributed by atoms with E-state index in [4.69, 9.17) is 5.26 Å². The summed E-state index contributed by atoms with van der Waals surface area (Å²) in [6.45, 7) is 1.81. The van der Waals surface area contributed by atoms with E-state index in [9.17, 15) is 4.79 Å². The van der Waals surface area contributed by atoms with E-state index < -0.39 is 0 Å². The minimum atomic E-state index is -0.0580. The number of carbonyl (C=O) groups excluding carboxylic acids is 1. The zero-order valence-electron chi connectivity index (χ0n) is 9.75. The lowest BCUT2D eigenvalue weighted by atomic mass is 10.1. The molecule has 0 aliphatic carbocycles. The highest BCUT2D eigenvalue weighted by atomic mass is 32.1. The molecule has 0 saturated carbocycles. The number of hydrogen-bond donors (Lipinski definition) is 0. The highest BCUT2D eigenvalue weighted by Gasteiger charge is 2.07. The molecular weight excluding hydrogens is 244 g/mol. The Kier molecular flexibility index (Phi) is 3.66. The van der Waals surface area contributed by atoms with Crippen molar-refractivity contribution in [3.63, 3.8) is 0 Å². The summed E-state index contributed by atoms with van der Waals surface area (Å²) in [6, 6.07) is 9.18. The SMILES string of the molecule is Cc1ncsc1C(=O)/C=C\c1cccc(C#N)c1. The number of hydrogen-bond acceptors (Lipinski definition) is 4. The first kappa shape index (κ1) is 12.2. The zero-order chi connectivity index (χ0) is 13.0. The van der Waals surface area contributed by atoms with Gasteiger partial charge in [-0.2, -0.15) is 5.26 Å². The van der Waals surface area contributed by atoms with Gasteiger partial charge in [0.15, 0.2) is 5.78 Å². The van der Waals surface area contributed by atoms with Gasteiger partial charge in [0.05, 0.1) is 27.7 Å². The Morgan fingerprint density at radius 2 is 2.33 bits per heavy atom. The average Bonchev–Trinajstić information content (AvgIpc) is 2.82. The van der Waals surface area contributed by atoms with Crippen LogP contribution in [0.2, 0.25) is 0 Å². The third kappa shape index (κ3) is 2.70. The van der Waals surface area contributed by atoms with Gasteiger partial charge in [0.2, 0.25) is 0 Å². The monoisotopic (exact) mass is 254 g/mol. The maximum Gasteiger partial charge on any atom is 0.197 e. The Labute approximate surface area is 109 Å². The number of rotatable bonds is 3. The first-order valence-corrected chi connectivity index (χ1v) is 6.21. The van der Waals surface area contributed by atoms with Crippen LogP contribution in [0.15, 0.2) is 35.9 Å². The molecule has 0 aliphatic rings. The summed E-state index contributed by atoms with van der Waals surface area (Å²) in [5.74, 6) is -0.0580. The van der Waals surface area contributed by atoms with Crippen LogP contribution in [0.4, 0.5) is 0 Å². The Morgan fingerprint density at radius 1 is 1.50 bits per heavy atom. The number of aromatic nitrogens is 1. The maximum atomic E-state index is 11.9. The molecule has 0 N–H and O–H groups in total. The first-order chi connectivity index (χ1) is 8.70. The summed E-state index contributed by atoms with van der Waals surface area (Å²) >= 11 is 1.34. The Morgan fingerprint density at radius 3 is 3.00 bits per heavy atom. The molecule has 88 valence electrons. The zero-order valence-corrected chi connectivity index (χ0v) is 10.6. The first-order valence-electron chi connectivity index (χ1n) is 5.33. The third-order valence-corrected chi connectivity index (χ3v) is 3.36. The number of aryl methyl sites for hydroxylation is 1. The van der Waals surface area contributed by atoms with E-state index in [1.165, 1.54) is 17.4 Å². The van der Waals surface area contributed by atoms with Crippen LogP contribution in [0.25, 0.3) is 6.08 Å². The number of nitriles is 1. The van der Waals surface area contributed by atoms with Crippen molar-refractivity contribution < 1.29 is 4.79 Å². The molecule has 0 bridgehead atoms. The molecule has 1 aromatic heterocycles. The van der Waals surface area contributed by atoms with Gasteiger partial charge in [-0.15, -0.1) is 11.3 Å². The summed E-state index contributed by atoms with van der Waals surface area (Å²) in [6.07, 6.45) is 3.22. The second kappa shape index (κ2) is 5.39. The van der Waals surface area contributed by atoms with Gasteiger partial charge in [-0.1, -0.05) is 18.2 Å². The lowest BCUT2D eigenvalue weighted by molar-refractivity contribution is 0.105. The van der Waals surface area contributed by atoms with Gasteiger partial charge >= 0.3 is 0 Å². The topological polar surface area (TPSA) is 53.8 Å². The third-order valence-electron chi connectivity index (χ3n) is 2.41. The number of benzene rings is 1. The van der Waals surface area contributed by atoms with E-state index in [1.807, 2.05) is 13.0 Å². The van der Waals surface area contributed by atoms with Crippen LogP contribution in [0.1, 0.15) is 26.5 Å². The highest BCUT2D eigenvalue weighted by Crippen LogP contribution is 2.14. The molecule has 1 aromatic carbocycles. The van der Waals surface area contributed by atoms with E-state index in [-0.39, 0.29) is 5.78 Å². The van der Waals surface area contributed by atoms with Gasteiger partial charge < -0.3 is 0 Å². The molecule has 3 nitrogen and oxygen atoms in total. The van der Waals surface area contributed by atoms with Crippen molar-refractivity contribution in [2.45, 2.75) is 6.92 Å². The molecule has 1 heterocycles. The lowest BCUT2D eigenvalue weighted by Crippen LogP contribution is -1.93. The van der Waals surface area contributed by atoms with Crippen molar-refractivity contribution >= 4 is 23.2 Å². The van der Waals surface area contributed by atoms with Gasteiger partial charge in [0.1, 0.15) is 0 Å². The fourth-order valence-corrected chi connectivity index (χ4v) is 2.22. The number of carbonyl (C=O) groups is 1. The molecule has 0 spiro atoms. The van der Waals surface area contributed by atoms with Gasteiger partial charge in [-0.25, -0.2) is 4.98 Å². The molecule has 2 aromatic rings. The van der Waals surface area contributed by atoms with Crippen LogP contribution in [0, 0.1) is 18.3 Å². The summed E-state index contributed by atoms with van der Waals surface area (Å²) in [5.41, 5.74) is 3.83. The molecule has 0 aliphatic heterocycles. The van der Waals surface area contributed by atoms with Crippen molar-refractivity contribution in [1.82, 2.24) is 4.98 Å². The standard InChI is InChI=1S/C14H10N2OS/c1-10-14(18-9-16-10)13(17)6-5-11-3-2-4-12(7-11)8-15/h2-7,9H,1H3/b6-5-. The van der Waals surface area contributed by atoms with E-state index >= 15 is 0 Å². The molecule has 0 radical (unpaired) electrons. The molecule has 4 heteroatoms. The Hall–Kier alpha value is -2.25. The quantitative estimate of drug-likeness (QED) is 0.624. The van der Waals surface area contributed by atoms with Crippen molar-refractivity contribution in [3.8, 4) is 6.07 Å². The van der Waals surface area contributed by atoms with Gasteiger partial charge in [-0.05, 0) is 30.7 Å². The van der Waals surface area contributed by atoms with Crippen molar-refractivity contribution in [3.05, 3.63) is 57.6 Å². The summed E-state index contributed by atoms with van der Waals surface area (Å²) in [4.78, 5) is 16.6. The molecule has 0 amide bonds. The summed E-state index contributed by atoms with van der Waals surface area (Å²) in [7, 11) is 0. The largest absolute Gasteiger partial charge is 0.288 e. The minimum Gasteiger partial charge on any atom is -0.288 e. The van der Waals surface area contributed by atoms with Crippen LogP contribution >= 0.6 is 11.3 Å². The summed E-state index contributed by atoms with van der Waals surface area (Å²) < 4.78 is 0. The minimum absolute atomic E-state index is 0.0580. The molecule has 0 unspecified atom stereocenters. The number of allylic oxidation sites excluding steroid dienone is 1. The molecular formula is C14H10N2OS. The van der Waals surface area contributed by atoms with E-state index in [2.05, 4.69) is 11.1 Å². The van der Waals surface area contributed by atoms with Crippen LogP contribution in [0.3, 0.4) is 0 Å². The van der Waals surface area contributed by atoms with Crippen LogP contribution < -0.4 is 0 Å². The van der Waals surface area contributed by atoms with Gasteiger partial charge in [-0.3, -0.25) is 4.79 Å². The molecule has 0 fully saturated rings. The number of nitrogens with zero attached hydrogens (tertiary/aromatic N) is 2. The fraction of sp³-hybridized carbons (Fsp3) is 0.0714. The molecule has 0 saturated heterocycles. The number of thiazole rings is 1. The van der Waals surface area contributed by atoms with Crippen LogP contribution in [0.5, 0.6) is 0 Å². The smallest absolute Gasteiger partial charge is 0.197 e. The Balaban J connectivity index is 2.19. The van der Waals surface area contributed by atoms with Crippen LogP contribution in [-0.2, 0) is 0 Å². The second-order valence-corrected chi connectivity index (χ2v) is 4.56. The van der Waals surface area contributed by atoms with Gasteiger partial charge in [0, 0.05) is 0 Å². The van der Waals surface area contributed by atoms with E-state index in [0.717, 1.165) is 11.3 Å².